The minimum absolute atomic E-state index is 0.0417. The normalized spacial score (nSPS) is 28.9. The summed E-state index contributed by atoms with van der Waals surface area (Å²) in [5.41, 5.74) is -0.208. The SMILES string of the molecule is CC.CC1CC(O)C1.CC1CC1.CC1CCOC1.CC1CCOCC1.CCC1(O)CC1.CCC1CCC1. The zero-order valence-corrected chi connectivity index (χ0v) is 26.4. The third kappa shape index (κ3) is 23.4. The lowest BCUT2D eigenvalue weighted by molar-refractivity contribution is 0.0513. The van der Waals surface area contributed by atoms with Gasteiger partial charge in [0.25, 0.3) is 0 Å². The Bertz CT molecular complexity index is 458. The Hall–Kier alpha value is -0.160. The van der Waals surface area contributed by atoms with Crippen LogP contribution in [0.1, 0.15) is 145 Å². The number of aliphatic hydroxyl groups excluding tert-OH is 1. The van der Waals surface area contributed by atoms with E-state index in [-0.39, 0.29) is 11.7 Å². The first-order chi connectivity index (χ1) is 17.7. The lowest BCUT2D eigenvalue weighted by Crippen LogP contribution is -2.25. The highest BCUT2D eigenvalue weighted by molar-refractivity contribution is 4.91. The number of rotatable bonds is 2. The van der Waals surface area contributed by atoms with Gasteiger partial charge in [-0.05, 0) is 81.0 Å². The highest BCUT2D eigenvalue weighted by atomic mass is 16.5. The van der Waals surface area contributed by atoms with Crippen LogP contribution in [0.25, 0.3) is 0 Å². The molecular weight excluding hydrogens is 460 g/mol. The van der Waals surface area contributed by atoms with Gasteiger partial charge in [-0.1, -0.05) is 93.9 Å². The summed E-state index contributed by atoms with van der Waals surface area (Å²) in [5.74, 6) is 4.73. The Morgan fingerprint density at radius 2 is 1.16 bits per heavy atom. The summed E-state index contributed by atoms with van der Waals surface area (Å²) < 4.78 is 10.2. The molecule has 224 valence electrons. The molecule has 0 aromatic carbocycles. The van der Waals surface area contributed by atoms with Gasteiger partial charge in [-0.25, -0.2) is 0 Å². The van der Waals surface area contributed by atoms with E-state index in [1.165, 1.54) is 57.8 Å². The fourth-order valence-electron chi connectivity index (χ4n) is 3.89. The zero-order chi connectivity index (χ0) is 28.1. The molecule has 4 heteroatoms. The molecule has 4 saturated carbocycles. The fourth-order valence-corrected chi connectivity index (χ4v) is 3.89. The van der Waals surface area contributed by atoms with Crippen molar-refractivity contribution < 1.29 is 19.7 Å². The van der Waals surface area contributed by atoms with Gasteiger partial charge in [0, 0.05) is 26.4 Å². The van der Waals surface area contributed by atoms with E-state index in [1.807, 2.05) is 20.8 Å². The van der Waals surface area contributed by atoms with Crippen molar-refractivity contribution in [2.45, 2.75) is 157 Å². The van der Waals surface area contributed by atoms with Crippen molar-refractivity contribution in [3.8, 4) is 0 Å². The first-order valence-electron chi connectivity index (χ1n) is 16.2. The Kier molecular flexibility index (Phi) is 22.5. The molecule has 1 unspecified atom stereocenters. The molecule has 6 rings (SSSR count). The molecule has 0 spiro atoms. The summed E-state index contributed by atoms with van der Waals surface area (Å²) in [6.07, 6.45) is 17.8. The van der Waals surface area contributed by atoms with Gasteiger partial charge in [0.1, 0.15) is 0 Å². The number of hydrogen-bond acceptors (Lipinski definition) is 4. The van der Waals surface area contributed by atoms with E-state index in [0.29, 0.717) is 0 Å². The standard InChI is InChI=1S/C6H12O.C6H12.3C5H10O.C4H8.C2H6/c1-6-2-4-7-5-3-6;1-2-6-4-3-5-6;1-4-2-5(6)3-4;1-5-2-3-6-4-5;1-2-5(6)3-4-5;1-4-2-3-4;1-2/h6H,2-5H2,1H3;6H,2-5H2,1H3;4-6H,2-3H2,1H3;5H,2-4H2,1H3;6H,2-4H2,1H3;4H,2-3H2,1H3;1-2H3. The van der Waals surface area contributed by atoms with Crippen LogP contribution in [0.2, 0.25) is 0 Å². The maximum Gasteiger partial charge on any atom is 0.0647 e. The fraction of sp³-hybridized carbons (Fsp3) is 1.00. The summed E-state index contributed by atoms with van der Waals surface area (Å²) in [4.78, 5) is 0. The highest BCUT2D eigenvalue weighted by Gasteiger charge is 2.37. The second-order valence-electron chi connectivity index (χ2n) is 12.5. The van der Waals surface area contributed by atoms with Gasteiger partial charge >= 0.3 is 0 Å². The monoisotopic (exact) mass is 529 g/mol. The van der Waals surface area contributed by atoms with Crippen LogP contribution in [0, 0.1) is 29.6 Å². The van der Waals surface area contributed by atoms with Gasteiger partial charge in [-0.2, -0.15) is 0 Å². The van der Waals surface area contributed by atoms with Crippen LogP contribution in [-0.4, -0.2) is 48.3 Å². The van der Waals surface area contributed by atoms with Crippen LogP contribution >= 0.6 is 0 Å². The van der Waals surface area contributed by atoms with E-state index in [9.17, 15) is 0 Å². The molecule has 4 aliphatic carbocycles. The van der Waals surface area contributed by atoms with Crippen molar-refractivity contribution >= 4 is 0 Å². The first-order valence-corrected chi connectivity index (χ1v) is 16.2. The first kappa shape index (κ1) is 36.8. The van der Waals surface area contributed by atoms with E-state index in [2.05, 4.69) is 34.6 Å². The maximum atomic E-state index is 8.94. The van der Waals surface area contributed by atoms with Gasteiger partial charge in [-0.3, -0.25) is 0 Å². The number of hydrogen-bond donors (Lipinski definition) is 2. The molecule has 0 aromatic heterocycles. The lowest BCUT2D eigenvalue weighted by Gasteiger charge is -2.27. The van der Waals surface area contributed by atoms with Gasteiger partial charge < -0.3 is 19.7 Å². The quantitative estimate of drug-likeness (QED) is 0.376. The summed E-state index contributed by atoms with van der Waals surface area (Å²) in [7, 11) is 0. The van der Waals surface area contributed by atoms with E-state index in [1.54, 1.807) is 0 Å². The van der Waals surface area contributed by atoms with E-state index >= 15 is 0 Å². The third-order valence-electron chi connectivity index (χ3n) is 8.17. The van der Waals surface area contributed by atoms with Crippen molar-refractivity contribution in [2.24, 2.45) is 29.6 Å². The predicted molar refractivity (Wildman–Crippen MR) is 160 cm³/mol. The predicted octanol–water partition coefficient (Wildman–Crippen LogP) is 8.81. The minimum atomic E-state index is -0.208. The summed E-state index contributed by atoms with van der Waals surface area (Å²) >= 11 is 0. The molecule has 2 aliphatic heterocycles. The van der Waals surface area contributed by atoms with Crippen molar-refractivity contribution in [1.29, 1.82) is 0 Å². The molecule has 37 heavy (non-hydrogen) atoms. The topological polar surface area (TPSA) is 58.9 Å². The van der Waals surface area contributed by atoms with Crippen LogP contribution in [0.3, 0.4) is 0 Å². The van der Waals surface area contributed by atoms with Crippen molar-refractivity contribution in [1.82, 2.24) is 0 Å². The van der Waals surface area contributed by atoms with Gasteiger partial charge in [0.2, 0.25) is 0 Å². The van der Waals surface area contributed by atoms with E-state index < -0.39 is 0 Å². The Morgan fingerprint density at radius 3 is 1.24 bits per heavy atom. The second-order valence-corrected chi connectivity index (χ2v) is 12.5. The second kappa shape index (κ2) is 22.6. The molecule has 6 fully saturated rings. The highest BCUT2D eigenvalue weighted by Crippen LogP contribution is 2.37. The summed E-state index contributed by atoms with van der Waals surface area (Å²) in [6.45, 7) is 21.2. The van der Waals surface area contributed by atoms with Crippen molar-refractivity contribution in [2.75, 3.05) is 26.4 Å². The summed E-state index contributed by atoms with van der Waals surface area (Å²) in [6, 6.07) is 0. The molecule has 6 aliphatic rings. The number of aliphatic hydroxyl groups is 2. The van der Waals surface area contributed by atoms with Crippen molar-refractivity contribution in [3.63, 3.8) is 0 Å². The van der Waals surface area contributed by atoms with Crippen LogP contribution in [0.5, 0.6) is 0 Å². The van der Waals surface area contributed by atoms with Gasteiger partial charge in [0.05, 0.1) is 11.7 Å². The van der Waals surface area contributed by atoms with Crippen LogP contribution < -0.4 is 0 Å². The maximum absolute atomic E-state index is 8.94. The average molecular weight is 529 g/mol. The minimum Gasteiger partial charge on any atom is -0.393 e. The van der Waals surface area contributed by atoms with Crippen LogP contribution in [0.15, 0.2) is 0 Å². The smallest absolute Gasteiger partial charge is 0.0647 e. The lowest BCUT2D eigenvalue weighted by atomic mass is 9.84. The molecule has 2 saturated heterocycles. The van der Waals surface area contributed by atoms with E-state index in [0.717, 1.165) is 88.1 Å². The average Bonchev–Trinajstić information content (AvgIpc) is 3.76. The molecule has 0 aromatic rings. The van der Waals surface area contributed by atoms with E-state index in [4.69, 9.17) is 19.7 Å². The molecule has 2 N–H and O–H groups in total. The molecule has 4 nitrogen and oxygen atoms in total. The molecule has 0 amide bonds. The van der Waals surface area contributed by atoms with Crippen molar-refractivity contribution in [3.05, 3.63) is 0 Å². The Balaban J connectivity index is 0.000000417. The summed E-state index contributed by atoms with van der Waals surface area (Å²) in [5, 5.41) is 17.6. The van der Waals surface area contributed by atoms with Crippen LogP contribution in [0.4, 0.5) is 0 Å². The molecule has 2 heterocycles. The number of ether oxygens (including phenoxy) is 2. The Labute approximate surface area is 232 Å². The zero-order valence-electron chi connectivity index (χ0n) is 26.4. The van der Waals surface area contributed by atoms with Gasteiger partial charge in [0.15, 0.2) is 0 Å². The Morgan fingerprint density at radius 1 is 0.676 bits per heavy atom. The molecular formula is C33H68O4. The molecule has 0 radical (unpaired) electrons. The molecule has 0 bridgehead atoms. The van der Waals surface area contributed by atoms with Gasteiger partial charge in [-0.15, -0.1) is 0 Å². The van der Waals surface area contributed by atoms with Crippen LogP contribution in [-0.2, 0) is 9.47 Å². The molecule has 1 atom stereocenters. The largest absolute Gasteiger partial charge is 0.393 e. The third-order valence-corrected chi connectivity index (χ3v) is 8.17.